The van der Waals surface area contributed by atoms with Crippen molar-refractivity contribution >= 4 is 0 Å². The molecule has 1 rings (SSSR count). The molecule has 0 aliphatic rings. The maximum atomic E-state index is 8.77. The first-order valence-electron chi connectivity index (χ1n) is 6.16. The van der Waals surface area contributed by atoms with E-state index in [1.54, 1.807) is 19.1 Å². The minimum atomic E-state index is 0.127. The molecule has 1 aromatic carbocycles. The lowest BCUT2D eigenvalue weighted by atomic mass is 9.85. The Morgan fingerprint density at radius 3 is 2.50 bits per heavy atom. The van der Waals surface area contributed by atoms with E-state index in [2.05, 4.69) is 39.1 Å². The number of likely N-dealkylation sites (N-methyl/N-ethyl adjacent to an activating group) is 1. The van der Waals surface area contributed by atoms with Crippen molar-refractivity contribution in [3.8, 4) is 11.9 Å². The van der Waals surface area contributed by atoms with Crippen LogP contribution in [0.4, 0.5) is 0 Å². The lowest BCUT2D eigenvalue weighted by Crippen LogP contribution is -2.16. The van der Waals surface area contributed by atoms with Crippen molar-refractivity contribution in [1.82, 2.24) is 4.90 Å². The lowest BCUT2D eigenvalue weighted by Gasteiger charge is -2.21. The van der Waals surface area contributed by atoms with Crippen molar-refractivity contribution < 1.29 is 4.74 Å². The first-order valence-corrected chi connectivity index (χ1v) is 6.16. The molecule has 0 bridgehead atoms. The molecular weight excluding hydrogens is 224 g/mol. The zero-order valence-electron chi connectivity index (χ0n) is 11.9. The predicted octanol–water partition coefficient (Wildman–Crippen LogP) is 2.95. The molecule has 0 N–H and O–H groups in total. The summed E-state index contributed by atoms with van der Waals surface area (Å²) >= 11 is 0. The van der Waals surface area contributed by atoms with Gasteiger partial charge in [-0.15, -0.1) is 0 Å². The van der Waals surface area contributed by atoms with E-state index < -0.39 is 0 Å². The summed E-state index contributed by atoms with van der Waals surface area (Å²) < 4.78 is 5.38. The molecule has 1 aromatic rings. The van der Waals surface area contributed by atoms with Crippen LogP contribution in [0.3, 0.4) is 0 Å². The van der Waals surface area contributed by atoms with Crippen LogP contribution in [0.5, 0.6) is 5.75 Å². The Labute approximate surface area is 110 Å². The molecule has 0 radical (unpaired) electrons. The van der Waals surface area contributed by atoms with E-state index in [1.165, 1.54) is 5.56 Å². The quantitative estimate of drug-likeness (QED) is 0.605. The maximum Gasteiger partial charge on any atom is 0.179 e. The van der Waals surface area contributed by atoms with Gasteiger partial charge in [-0.3, -0.25) is 0 Å². The van der Waals surface area contributed by atoms with Crippen molar-refractivity contribution in [2.45, 2.75) is 32.6 Å². The van der Waals surface area contributed by atoms with E-state index in [4.69, 9.17) is 10.00 Å². The van der Waals surface area contributed by atoms with Crippen LogP contribution in [-0.4, -0.2) is 25.6 Å². The highest BCUT2D eigenvalue weighted by molar-refractivity contribution is 5.39. The Kier molecular flexibility index (Phi) is 4.61. The van der Waals surface area contributed by atoms with Crippen molar-refractivity contribution in [2.24, 2.45) is 0 Å². The molecule has 0 fully saturated rings. The number of hydrogen-bond donors (Lipinski definition) is 0. The normalized spacial score (nSPS) is 10.9. The second-order valence-electron chi connectivity index (χ2n) is 5.55. The molecule has 0 aliphatic carbocycles. The predicted molar refractivity (Wildman–Crippen MR) is 73.6 cm³/mol. The highest BCUT2D eigenvalue weighted by atomic mass is 16.5. The minimum Gasteiger partial charge on any atom is -0.496 e. The van der Waals surface area contributed by atoms with Crippen LogP contribution < -0.4 is 4.74 Å². The van der Waals surface area contributed by atoms with Gasteiger partial charge in [-0.1, -0.05) is 32.9 Å². The van der Waals surface area contributed by atoms with E-state index in [-0.39, 0.29) is 5.41 Å². The van der Waals surface area contributed by atoms with Gasteiger partial charge in [0, 0.05) is 13.6 Å². The fourth-order valence-corrected chi connectivity index (χ4v) is 1.78. The molecule has 0 atom stereocenters. The molecule has 0 saturated heterocycles. The molecule has 98 valence electrons. The summed E-state index contributed by atoms with van der Waals surface area (Å²) in [6, 6.07) is 6.31. The summed E-state index contributed by atoms with van der Waals surface area (Å²) in [5.74, 6) is 0.898. The Morgan fingerprint density at radius 1 is 1.33 bits per heavy atom. The molecule has 0 aromatic heterocycles. The van der Waals surface area contributed by atoms with Crippen LogP contribution in [0.15, 0.2) is 18.2 Å². The zero-order valence-corrected chi connectivity index (χ0v) is 11.9. The summed E-state index contributed by atoms with van der Waals surface area (Å²) in [6.45, 7) is 7.29. The molecule has 0 unspecified atom stereocenters. The van der Waals surface area contributed by atoms with Gasteiger partial charge in [0.1, 0.15) is 5.75 Å². The summed E-state index contributed by atoms with van der Waals surface area (Å²) in [7, 11) is 3.48. The van der Waals surface area contributed by atoms with Gasteiger partial charge in [-0.25, -0.2) is 0 Å². The number of methoxy groups -OCH3 is 1. The van der Waals surface area contributed by atoms with Crippen LogP contribution in [0.1, 0.15) is 31.9 Å². The molecule has 3 heteroatoms. The highest BCUT2D eigenvalue weighted by Crippen LogP contribution is 2.28. The SMILES string of the molecule is COc1ccc(C(C)(C)C)cc1CCN(C)C#N. The van der Waals surface area contributed by atoms with Crippen LogP contribution in [0, 0.1) is 11.5 Å². The summed E-state index contributed by atoms with van der Waals surface area (Å²) in [6.07, 6.45) is 2.93. The molecule has 18 heavy (non-hydrogen) atoms. The van der Waals surface area contributed by atoms with Crippen molar-refractivity contribution in [3.63, 3.8) is 0 Å². The average molecular weight is 246 g/mol. The summed E-state index contributed by atoms with van der Waals surface area (Å²) in [5.41, 5.74) is 2.58. The molecule has 0 spiro atoms. The zero-order chi connectivity index (χ0) is 13.8. The Hall–Kier alpha value is -1.69. The van der Waals surface area contributed by atoms with Gasteiger partial charge in [0.25, 0.3) is 0 Å². The summed E-state index contributed by atoms with van der Waals surface area (Å²) in [4.78, 5) is 1.63. The first-order chi connectivity index (χ1) is 8.38. The number of nitrogens with zero attached hydrogens (tertiary/aromatic N) is 2. The van der Waals surface area contributed by atoms with Gasteiger partial charge in [0.05, 0.1) is 7.11 Å². The highest BCUT2D eigenvalue weighted by Gasteiger charge is 2.15. The smallest absolute Gasteiger partial charge is 0.179 e. The van der Waals surface area contributed by atoms with Crippen LogP contribution in [0.2, 0.25) is 0 Å². The largest absolute Gasteiger partial charge is 0.496 e. The van der Waals surface area contributed by atoms with Gasteiger partial charge in [0.2, 0.25) is 0 Å². The lowest BCUT2D eigenvalue weighted by molar-refractivity contribution is 0.403. The van der Waals surface area contributed by atoms with E-state index in [0.29, 0.717) is 6.54 Å². The van der Waals surface area contributed by atoms with Gasteiger partial charge < -0.3 is 9.64 Å². The van der Waals surface area contributed by atoms with Gasteiger partial charge >= 0.3 is 0 Å². The average Bonchev–Trinajstić information content (AvgIpc) is 2.34. The first kappa shape index (κ1) is 14.4. The van der Waals surface area contributed by atoms with Crippen molar-refractivity contribution in [1.29, 1.82) is 5.26 Å². The number of benzene rings is 1. The third kappa shape index (κ3) is 3.66. The number of rotatable bonds is 4. The molecule has 0 heterocycles. The molecule has 3 nitrogen and oxygen atoms in total. The fourth-order valence-electron chi connectivity index (χ4n) is 1.78. The van der Waals surface area contributed by atoms with E-state index in [9.17, 15) is 0 Å². The monoisotopic (exact) mass is 246 g/mol. The molecule has 0 saturated carbocycles. The van der Waals surface area contributed by atoms with Crippen LogP contribution in [-0.2, 0) is 11.8 Å². The number of ether oxygens (including phenoxy) is 1. The van der Waals surface area contributed by atoms with Gasteiger partial charge in [-0.05, 0) is 29.0 Å². The van der Waals surface area contributed by atoms with Crippen LogP contribution in [0.25, 0.3) is 0 Å². The fraction of sp³-hybridized carbons (Fsp3) is 0.533. The van der Waals surface area contributed by atoms with Crippen molar-refractivity contribution in [3.05, 3.63) is 29.3 Å². The number of nitriles is 1. The van der Waals surface area contributed by atoms with Crippen molar-refractivity contribution in [2.75, 3.05) is 20.7 Å². The third-order valence-electron chi connectivity index (χ3n) is 3.03. The number of hydrogen-bond acceptors (Lipinski definition) is 3. The Morgan fingerprint density at radius 2 is 2.00 bits per heavy atom. The standard InChI is InChI=1S/C15H22N2O/c1-15(2,3)13-6-7-14(18-5)12(10-13)8-9-17(4)11-16/h6-7,10H,8-9H2,1-5H3. The van der Waals surface area contributed by atoms with Crippen LogP contribution >= 0.6 is 0 Å². The second-order valence-corrected chi connectivity index (χ2v) is 5.55. The second kappa shape index (κ2) is 5.77. The molecular formula is C15H22N2O. The third-order valence-corrected chi connectivity index (χ3v) is 3.03. The molecule has 0 aliphatic heterocycles. The van der Waals surface area contributed by atoms with E-state index in [0.717, 1.165) is 17.7 Å². The van der Waals surface area contributed by atoms with Gasteiger partial charge in [0.15, 0.2) is 6.19 Å². The topological polar surface area (TPSA) is 36.3 Å². The Balaban J connectivity index is 2.97. The maximum absolute atomic E-state index is 8.77. The summed E-state index contributed by atoms with van der Waals surface area (Å²) in [5, 5.41) is 8.77. The van der Waals surface area contributed by atoms with E-state index >= 15 is 0 Å². The van der Waals surface area contributed by atoms with E-state index in [1.807, 2.05) is 6.07 Å². The molecule has 0 amide bonds. The minimum absolute atomic E-state index is 0.127. The van der Waals surface area contributed by atoms with Gasteiger partial charge in [-0.2, -0.15) is 5.26 Å². The Bertz CT molecular complexity index is 441.